The smallest absolute Gasteiger partial charge is 0.227 e. The Morgan fingerprint density at radius 3 is 2.58 bits per heavy atom. The molecular weight excluding hydrogens is 304 g/mol. The number of hydrogen-bond acceptors (Lipinski definition) is 3. The van der Waals surface area contributed by atoms with Crippen molar-refractivity contribution >= 4 is 17.5 Å². The van der Waals surface area contributed by atoms with Crippen LogP contribution >= 0.6 is 0 Å². The van der Waals surface area contributed by atoms with Gasteiger partial charge in [0.15, 0.2) is 0 Å². The first-order valence-electron chi connectivity index (χ1n) is 8.87. The van der Waals surface area contributed by atoms with Crippen molar-refractivity contribution < 1.29 is 14.3 Å². The summed E-state index contributed by atoms with van der Waals surface area (Å²) in [5.41, 5.74) is 0.889. The van der Waals surface area contributed by atoms with Crippen molar-refractivity contribution in [2.24, 2.45) is 11.8 Å². The van der Waals surface area contributed by atoms with E-state index in [-0.39, 0.29) is 17.7 Å². The van der Waals surface area contributed by atoms with Gasteiger partial charge in [0.1, 0.15) is 5.75 Å². The third-order valence-electron chi connectivity index (χ3n) is 5.13. The Hall–Kier alpha value is -2.04. The zero-order valence-electron chi connectivity index (χ0n) is 14.3. The van der Waals surface area contributed by atoms with Gasteiger partial charge in [-0.15, -0.1) is 0 Å². The monoisotopic (exact) mass is 330 g/mol. The number of carbonyl (C=O) groups excluding carboxylic acids is 2. The van der Waals surface area contributed by atoms with E-state index in [9.17, 15) is 9.59 Å². The summed E-state index contributed by atoms with van der Waals surface area (Å²) in [6.07, 6.45) is 6.01. The minimum absolute atomic E-state index is 0.121. The van der Waals surface area contributed by atoms with Crippen molar-refractivity contribution in [1.29, 1.82) is 0 Å². The molecule has 1 aliphatic heterocycles. The molecule has 1 saturated heterocycles. The summed E-state index contributed by atoms with van der Waals surface area (Å²) in [6.45, 7) is 1.25. The molecule has 0 aromatic heterocycles. The van der Waals surface area contributed by atoms with E-state index < -0.39 is 0 Å². The van der Waals surface area contributed by atoms with Crippen molar-refractivity contribution in [2.75, 3.05) is 25.1 Å². The molecule has 2 amide bonds. The molecule has 0 radical (unpaired) electrons. The van der Waals surface area contributed by atoms with Crippen molar-refractivity contribution in [1.82, 2.24) is 5.32 Å². The molecule has 5 nitrogen and oxygen atoms in total. The van der Waals surface area contributed by atoms with Crippen LogP contribution in [0.2, 0.25) is 0 Å². The van der Waals surface area contributed by atoms with Crippen LogP contribution < -0.4 is 15.0 Å². The predicted molar refractivity (Wildman–Crippen MR) is 93.0 cm³/mol. The fraction of sp³-hybridized carbons (Fsp3) is 0.579. The van der Waals surface area contributed by atoms with Crippen molar-refractivity contribution in [3.05, 3.63) is 24.3 Å². The summed E-state index contributed by atoms with van der Waals surface area (Å²) in [5, 5.41) is 3.02. The second kappa shape index (κ2) is 7.69. The number of hydrogen-bond donors (Lipinski definition) is 1. The topological polar surface area (TPSA) is 58.6 Å². The molecule has 1 N–H and O–H groups in total. The summed E-state index contributed by atoms with van der Waals surface area (Å²) in [7, 11) is 1.63. The largest absolute Gasteiger partial charge is 0.497 e. The molecule has 2 aliphatic rings. The molecule has 1 unspecified atom stereocenters. The maximum absolute atomic E-state index is 12.2. The average Bonchev–Trinajstić information content (AvgIpc) is 3.22. The SMILES string of the molecule is COc1ccc(N2CC(CNC(=O)CC3CCCC3)CC2=O)cc1. The third kappa shape index (κ3) is 4.08. The number of carbonyl (C=O) groups is 2. The fourth-order valence-corrected chi connectivity index (χ4v) is 3.74. The van der Waals surface area contributed by atoms with E-state index in [1.165, 1.54) is 25.7 Å². The van der Waals surface area contributed by atoms with E-state index in [4.69, 9.17) is 4.74 Å². The fourth-order valence-electron chi connectivity index (χ4n) is 3.74. The van der Waals surface area contributed by atoms with Gasteiger partial charge in [0, 0.05) is 37.5 Å². The van der Waals surface area contributed by atoms with Crippen LogP contribution in [0, 0.1) is 11.8 Å². The molecule has 3 rings (SSSR count). The Balaban J connectivity index is 1.48. The quantitative estimate of drug-likeness (QED) is 0.872. The Bertz CT molecular complexity index is 579. The van der Waals surface area contributed by atoms with Crippen LogP contribution in [-0.4, -0.2) is 32.0 Å². The minimum Gasteiger partial charge on any atom is -0.497 e. The van der Waals surface area contributed by atoms with E-state index in [0.717, 1.165) is 11.4 Å². The van der Waals surface area contributed by atoms with Crippen LogP contribution in [0.3, 0.4) is 0 Å². The summed E-state index contributed by atoms with van der Waals surface area (Å²) < 4.78 is 5.15. The minimum atomic E-state index is 0.121. The lowest BCUT2D eigenvalue weighted by atomic mass is 10.0. The highest BCUT2D eigenvalue weighted by Gasteiger charge is 2.31. The highest BCUT2D eigenvalue weighted by atomic mass is 16.5. The van der Waals surface area contributed by atoms with Gasteiger partial charge in [-0.05, 0) is 43.0 Å². The van der Waals surface area contributed by atoms with Crippen LogP contribution in [0.5, 0.6) is 5.75 Å². The molecule has 24 heavy (non-hydrogen) atoms. The van der Waals surface area contributed by atoms with Crippen molar-refractivity contribution in [3.63, 3.8) is 0 Å². The van der Waals surface area contributed by atoms with Gasteiger partial charge < -0.3 is 15.0 Å². The molecule has 1 heterocycles. The maximum Gasteiger partial charge on any atom is 0.227 e. The number of benzene rings is 1. The molecule has 0 bridgehead atoms. The molecule has 130 valence electrons. The van der Waals surface area contributed by atoms with E-state index in [1.54, 1.807) is 12.0 Å². The van der Waals surface area contributed by atoms with Crippen molar-refractivity contribution in [3.8, 4) is 5.75 Å². The van der Waals surface area contributed by atoms with Gasteiger partial charge in [0.2, 0.25) is 11.8 Å². The second-order valence-electron chi connectivity index (χ2n) is 6.93. The lowest BCUT2D eigenvalue weighted by molar-refractivity contribution is -0.122. The van der Waals surface area contributed by atoms with Crippen LogP contribution in [-0.2, 0) is 9.59 Å². The molecular formula is C19H26N2O3. The first-order chi connectivity index (χ1) is 11.7. The number of anilines is 1. The Labute approximate surface area is 143 Å². The summed E-state index contributed by atoms with van der Waals surface area (Å²) in [6, 6.07) is 7.52. The summed E-state index contributed by atoms with van der Waals surface area (Å²) in [5.74, 6) is 1.78. The molecule has 1 saturated carbocycles. The highest BCUT2D eigenvalue weighted by molar-refractivity contribution is 5.95. The molecule has 1 aliphatic carbocycles. The van der Waals surface area contributed by atoms with Gasteiger partial charge in [-0.1, -0.05) is 12.8 Å². The van der Waals surface area contributed by atoms with Gasteiger partial charge in [0.25, 0.3) is 0 Å². The standard InChI is InChI=1S/C19H26N2O3/c1-24-17-8-6-16(7-9-17)21-13-15(11-19(21)23)12-20-18(22)10-14-4-2-3-5-14/h6-9,14-15H,2-5,10-13H2,1H3,(H,20,22). The third-order valence-corrected chi connectivity index (χ3v) is 5.13. The van der Waals surface area contributed by atoms with Gasteiger partial charge in [-0.2, -0.15) is 0 Å². The van der Waals surface area contributed by atoms with E-state index >= 15 is 0 Å². The summed E-state index contributed by atoms with van der Waals surface area (Å²) >= 11 is 0. The first-order valence-corrected chi connectivity index (χ1v) is 8.87. The Kier molecular flexibility index (Phi) is 5.38. The normalized spacial score (nSPS) is 21.3. The van der Waals surface area contributed by atoms with Crippen LogP contribution in [0.25, 0.3) is 0 Å². The zero-order chi connectivity index (χ0) is 16.9. The van der Waals surface area contributed by atoms with Crippen LogP contribution in [0.4, 0.5) is 5.69 Å². The molecule has 0 spiro atoms. The first kappa shape index (κ1) is 16.8. The van der Waals surface area contributed by atoms with E-state index in [2.05, 4.69) is 5.32 Å². The number of ether oxygens (including phenoxy) is 1. The van der Waals surface area contributed by atoms with Crippen LogP contribution in [0.15, 0.2) is 24.3 Å². The lowest BCUT2D eigenvalue weighted by Gasteiger charge is -2.17. The van der Waals surface area contributed by atoms with E-state index in [1.807, 2.05) is 24.3 Å². The van der Waals surface area contributed by atoms with E-state index in [0.29, 0.717) is 31.8 Å². The maximum atomic E-state index is 12.2. The Morgan fingerprint density at radius 1 is 1.21 bits per heavy atom. The zero-order valence-corrected chi connectivity index (χ0v) is 14.3. The lowest BCUT2D eigenvalue weighted by Crippen LogP contribution is -2.32. The average molecular weight is 330 g/mol. The number of nitrogens with one attached hydrogen (secondary N) is 1. The van der Waals surface area contributed by atoms with Crippen molar-refractivity contribution in [2.45, 2.75) is 38.5 Å². The molecule has 1 aromatic rings. The Morgan fingerprint density at radius 2 is 1.92 bits per heavy atom. The molecule has 5 heteroatoms. The number of methoxy groups -OCH3 is 1. The van der Waals surface area contributed by atoms with Gasteiger partial charge >= 0.3 is 0 Å². The van der Waals surface area contributed by atoms with Gasteiger partial charge in [0.05, 0.1) is 7.11 Å². The number of amides is 2. The van der Waals surface area contributed by atoms with Crippen LogP contribution in [0.1, 0.15) is 38.5 Å². The number of rotatable bonds is 6. The molecule has 2 fully saturated rings. The number of nitrogens with zero attached hydrogens (tertiary/aromatic N) is 1. The molecule has 1 atom stereocenters. The molecule has 1 aromatic carbocycles. The second-order valence-corrected chi connectivity index (χ2v) is 6.93. The highest BCUT2D eigenvalue weighted by Crippen LogP contribution is 2.28. The van der Waals surface area contributed by atoms with Gasteiger partial charge in [-0.25, -0.2) is 0 Å². The van der Waals surface area contributed by atoms with Gasteiger partial charge in [-0.3, -0.25) is 9.59 Å². The predicted octanol–water partition coefficient (Wildman–Crippen LogP) is 2.74. The summed E-state index contributed by atoms with van der Waals surface area (Å²) in [4.78, 5) is 26.1.